The normalized spacial score (nSPS) is 27.5. The van der Waals surface area contributed by atoms with Gasteiger partial charge in [0, 0.05) is 23.4 Å². The summed E-state index contributed by atoms with van der Waals surface area (Å²) in [5.74, 6) is 1.23. The lowest BCUT2D eigenvalue weighted by atomic mass is 9.89. The van der Waals surface area contributed by atoms with Crippen LogP contribution in [0.1, 0.15) is 29.6 Å². The van der Waals surface area contributed by atoms with Crippen molar-refractivity contribution in [3.8, 4) is 5.75 Å². The number of ketones is 1. The molecule has 4 heteroatoms. The molecule has 2 unspecified atom stereocenters. The molecule has 0 aromatic heterocycles. The highest BCUT2D eigenvalue weighted by Crippen LogP contribution is 2.34. The van der Waals surface area contributed by atoms with E-state index in [1.165, 1.54) is 0 Å². The Balaban J connectivity index is 1.83. The summed E-state index contributed by atoms with van der Waals surface area (Å²) < 4.78 is 12.4. The van der Waals surface area contributed by atoms with Crippen molar-refractivity contribution in [3.63, 3.8) is 0 Å². The van der Waals surface area contributed by atoms with Crippen molar-refractivity contribution in [3.05, 3.63) is 28.2 Å². The number of carbonyl (C=O) groups is 1. The van der Waals surface area contributed by atoms with Crippen molar-refractivity contribution >= 4 is 21.7 Å². The van der Waals surface area contributed by atoms with Gasteiger partial charge in [-0.1, -0.05) is 15.9 Å². The fraction of sp³-hybridized carbons (Fsp3) is 0.500. The van der Waals surface area contributed by atoms with Gasteiger partial charge in [-0.25, -0.2) is 0 Å². The van der Waals surface area contributed by atoms with Crippen LogP contribution in [0.5, 0.6) is 5.75 Å². The first-order chi connectivity index (χ1) is 8.74. The van der Waals surface area contributed by atoms with Gasteiger partial charge in [-0.05, 0) is 31.0 Å². The Morgan fingerprint density at radius 3 is 3.00 bits per heavy atom. The molecule has 0 N–H and O–H groups in total. The molecule has 1 fully saturated rings. The van der Waals surface area contributed by atoms with Gasteiger partial charge in [-0.15, -0.1) is 0 Å². The van der Waals surface area contributed by atoms with Crippen molar-refractivity contribution in [2.75, 3.05) is 13.2 Å². The highest BCUT2D eigenvalue weighted by molar-refractivity contribution is 9.10. The highest BCUT2D eigenvalue weighted by atomic mass is 79.9. The number of carbonyl (C=O) groups excluding carboxylic acids is 1. The molecule has 0 amide bonds. The quantitative estimate of drug-likeness (QED) is 0.799. The minimum Gasteiger partial charge on any atom is -0.489 e. The zero-order chi connectivity index (χ0) is 12.5. The van der Waals surface area contributed by atoms with Crippen molar-refractivity contribution < 1.29 is 14.3 Å². The Morgan fingerprint density at radius 2 is 2.22 bits per heavy atom. The van der Waals surface area contributed by atoms with Crippen molar-refractivity contribution in [1.82, 2.24) is 0 Å². The van der Waals surface area contributed by atoms with Crippen LogP contribution in [0.4, 0.5) is 0 Å². The lowest BCUT2D eigenvalue weighted by Crippen LogP contribution is -2.38. The second-order valence-corrected chi connectivity index (χ2v) is 5.82. The number of rotatable bonds is 1. The number of ether oxygens (including phenoxy) is 2. The average molecular weight is 311 g/mol. The summed E-state index contributed by atoms with van der Waals surface area (Å²) in [6, 6.07) is 5.59. The molecule has 0 spiro atoms. The maximum atomic E-state index is 12.1. The molecule has 1 saturated heterocycles. The highest BCUT2D eigenvalue weighted by Gasteiger charge is 2.33. The van der Waals surface area contributed by atoms with Gasteiger partial charge < -0.3 is 9.47 Å². The Bertz CT molecular complexity index is 466. The Labute approximate surface area is 115 Å². The van der Waals surface area contributed by atoms with Gasteiger partial charge >= 0.3 is 0 Å². The average Bonchev–Trinajstić information content (AvgIpc) is 2.39. The number of halogens is 1. The van der Waals surface area contributed by atoms with E-state index in [9.17, 15) is 4.79 Å². The minimum atomic E-state index is -0.0281. The first-order valence-corrected chi connectivity index (χ1v) is 7.10. The number of fused-ring (bicyclic) bond motifs is 1. The van der Waals surface area contributed by atoms with Gasteiger partial charge in [0.15, 0.2) is 5.78 Å². The van der Waals surface area contributed by atoms with E-state index in [2.05, 4.69) is 15.9 Å². The van der Waals surface area contributed by atoms with Crippen LogP contribution in [0, 0.1) is 5.92 Å². The van der Waals surface area contributed by atoms with E-state index in [4.69, 9.17) is 9.47 Å². The molecule has 2 aliphatic heterocycles. The first kappa shape index (κ1) is 12.2. The smallest absolute Gasteiger partial charge is 0.170 e. The molecule has 96 valence electrons. The van der Waals surface area contributed by atoms with E-state index >= 15 is 0 Å². The monoisotopic (exact) mass is 310 g/mol. The van der Waals surface area contributed by atoms with Gasteiger partial charge in [0.05, 0.1) is 12.2 Å². The first-order valence-electron chi connectivity index (χ1n) is 6.31. The maximum absolute atomic E-state index is 12.1. The van der Waals surface area contributed by atoms with Gasteiger partial charge in [0.25, 0.3) is 0 Å². The summed E-state index contributed by atoms with van der Waals surface area (Å²) >= 11 is 3.41. The predicted molar refractivity (Wildman–Crippen MR) is 71.0 cm³/mol. The molecule has 0 bridgehead atoms. The lowest BCUT2D eigenvalue weighted by molar-refractivity contribution is -0.00365. The van der Waals surface area contributed by atoms with Gasteiger partial charge in [0.2, 0.25) is 0 Å². The van der Waals surface area contributed by atoms with Gasteiger partial charge in [-0.2, -0.15) is 0 Å². The van der Waals surface area contributed by atoms with E-state index in [1.54, 1.807) is 0 Å². The summed E-state index contributed by atoms with van der Waals surface area (Å²) in [6.45, 7) is 1.54. The van der Waals surface area contributed by atoms with E-state index < -0.39 is 0 Å². The molecule has 1 aromatic rings. The summed E-state index contributed by atoms with van der Waals surface area (Å²) in [5, 5.41) is 0. The second kappa shape index (κ2) is 5.02. The van der Waals surface area contributed by atoms with Crippen LogP contribution in [-0.2, 0) is 4.74 Å². The third-order valence-corrected chi connectivity index (χ3v) is 4.12. The molecule has 18 heavy (non-hydrogen) atoms. The number of Topliss-reactive ketones (excluding diaryl/α,β-unsaturated/α-hetero) is 1. The van der Waals surface area contributed by atoms with Crippen molar-refractivity contribution in [2.45, 2.75) is 25.4 Å². The largest absolute Gasteiger partial charge is 0.489 e. The SMILES string of the molecule is O=C1CC(C2CCCOC2)Oc2cc(Br)ccc21. The Kier molecular flexibility index (Phi) is 3.39. The summed E-state index contributed by atoms with van der Waals surface area (Å²) in [5.41, 5.74) is 0.700. The molecule has 0 radical (unpaired) electrons. The van der Waals surface area contributed by atoms with Crippen LogP contribution in [0.15, 0.2) is 22.7 Å². The van der Waals surface area contributed by atoms with Crippen LogP contribution >= 0.6 is 15.9 Å². The summed E-state index contributed by atoms with van der Waals surface area (Å²) in [4.78, 5) is 12.1. The maximum Gasteiger partial charge on any atom is 0.170 e. The molecule has 2 atom stereocenters. The number of hydrogen-bond donors (Lipinski definition) is 0. The van der Waals surface area contributed by atoms with Crippen LogP contribution in [0.2, 0.25) is 0 Å². The molecule has 2 heterocycles. The van der Waals surface area contributed by atoms with Crippen molar-refractivity contribution in [2.24, 2.45) is 5.92 Å². The van der Waals surface area contributed by atoms with Gasteiger partial charge in [-0.3, -0.25) is 4.79 Å². The molecule has 3 rings (SSSR count). The van der Waals surface area contributed by atoms with E-state index in [0.29, 0.717) is 30.3 Å². The molecule has 3 nitrogen and oxygen atoms in total. The lowest BCUT2D eigenvalue weighted by Gasteiger charge is -2.33. The summed E-state index contributed by atoms with van der Waals surface area (Å²) in [7, 11) is 0. The van der Waals surface area contributed by atoms with Gasteiger partial charge in [0.1, 0.15) is 11.9 Å². The van der Waals surface area contributed by atoms with Crippen LogP contribution in [0.3, 0.4) is 0 Å². The molecular weight excluding hydrogens is 296 g/mol. The predicted octanol–water partition coefficient (Wildman–Crippen LogP) is 3.21. The fourth-order valence-corrected chi connectivity index (χ4v) is 2.98. The van der Waals surface area contributed by atoms with Crippen LogP contribution in [0.25, 0.3) is 0 Å². The van der Waals surface area contributed by atoms with Crippen LogP contribution < -0.4 is 4.74 Å². The zero-order valence-electron chi connectivity index (χ0n) is 10.0. The topological polar surface area (TPSA) is 35.5 Å². The summed E-state index contributed by atoms with van der Waals surface area (Å²) in [6.07, 6.45) is 2.59. The third kappa shape index (κ3) is 2.31. The van der Waals surface area contributed by atoms with E-state index in [0.717, 1.165) is 23.9 Å². The molecule has 1 aromatic carbocycles. The van der Waals surface area contributed by atoms with E-state index in [-0.39, 0.29) is 11.9 Å². The molecular formula is C14H15BrO3. The minimum absolute atomic E-state index is 0.0281. The van der Waals surface area contributed by atoms with E-state index in [1.807, 2.05) is 18.2 Å². The second-order valence-electron chi connectivity index (χ2n) is 4.90. The zero-order valence-corrected chi connectivity index (χ0v) is 11.6. The fourth-order valence-electron chi connectivity index (χ4n) is 2.64. The molecule has 2 aliphatic rings. The third-order valence-electron chi connectivity index (χ3n) is 3.63. The van der Waals surface area contributed by atoms with Crippen molar-refractivity contribution in [1.29, 1.82) is 0 Å². The standard InChI is InChI=1S/C14H15BrO3/c15-10-3-4-11-12(16)7-13(18-14(11)6-10)9-2-1-5-17-8-9/h3-4,6,9,13H,1-2,5,7-8H2. The molecule has 0 aliphatic carbocycles. The Morgan fingerprint density at radius 1 is 1.33 bits per heavy atom. The number of benzene rings is 1. The Hall–Kier alpha value is -0.870. The molecule has 0 saturated carbocycles. The number of hydrogen-bond acceptors (Lipinski definition) is 3. The van der Waals surface area contributed by atoms with Crippen LogP contribution in [-0.4, -0.2) is 25.1 Å².